The zero-order valence-corrected chi connectivity index (χ0v) is 35.2. The van der Waals surface area contributed by atoms with Gasteiger partial charge in [-0.2, -0.15) is 0 Å². The number of para-hydroxylation sites is 4. The van der Waals surface area contributed by atoms with Gasteiger partial charge in [-0.05, 0) is 0 Å². The SMILES string of the molecule is CCC[CH2][Sn]([CH2]CCC)([O]C(=O)c1ccccc1N=Cc1ccc(-c2ccccc2[N+](=O)[O-])o1)[O]C(=O)c1ccccc1N=Cc1ccc(-c2ccccc2[N+](=O)[O-])o1. The first-order valence-corrected chi connectivity index (χ1v) is 25.4. The van der Waals surface area contributed by atoms with Crippen LogP contribution in [0, 0.1) is 20.2 Å². The molecule has 14 nitrogen and oxygen atoms in total. The fraction of sp³-hybridized carbons (Fsp3) is 0.182. The van der Waals surface area contributed by atoms with Crippen LogP contribution in [0.5, 0.6) is 0 Å². The molecule has 6 rings (SSSR count). The molecule has 15 heteroatoms. The molecule has 0 amide bonds. The summed E-state index contributed by atoms with van der Waals surface area (Å²) in [5, 5.41) is 23.1. The van der Waals surface area contributed by atoms with Crippen molar-refractivity contribution in [2.45, 2.75) is 48.4 Å². The maximum absolute atomic E-state index is 14.1. The molecule has 0 aliphatic rings. The molecule has 0 saturated heterocycles. The van der Waals surface area contributed by atoms with Gasteiger partial charge in [0.25, 0.3) is 0 Å². The number of nitro benzene ring substituents is 2. The van der Waals surface area contributed by atoms with Gasteiger partial charge in [-0.3, -0.25) is 20.2 Å². The van der Waals surface area contributed by atoms with E-state index in [1.54, 1.807) is 109 Å². The zero-order valence-electron chi connectivity index (χ0n) is 32.3. The van der Waals surface area contributed by atoms with E-state index in [0.29, 0.717) is 55.7 Å². The zero-order chi connectivity index (χ0) is 41.8. The summed E-state index contributed by atoms with van der Waals surface area (Å²) < 4.78 is 25.5. The minimum absolute atomic E-state index is 0.0978. The first kappa shape index (κ1) is 41.9. The Morgan fingerprint density at radius 1 is 0.593 bits per heavy atom. The number of carbonyl (C=O) groups excluding carboxylic acids is 2. The minimum atomic E-state index is -4.60. The van der Waals surface area contributed by atoms with Crippen LogP contribution in [0.15, 0.2) is 140 Å². The van der Waals surface area contributed by atoms with Gasteiger partial charge >= 0.3 is 314 Å². The summed E-state index contributed by atoms with van der Waals surface area (Å²) in [6.45, 7) is 4.03. The second kappa shape index (κ2) is 19.6. The van der Waals surface area contributed by atoms with Crippen molar-refractivity contribution in [2.75, 3.05) is 0 Å². The van der Waals surface area contributed by atoms with Crippen LogP contribution in [-0.2, 0) is 6.15 Å². The molecule has 0 bridgehead atoms. The molecule has 0 atom stereocenters. The molecular weight excluding hydrogens is 863 g/mol. The monoisotopic (exact) mass is 904 g/mol. The molecule has 300 valence electrons. The molecule has 2 heterocycles. The van der Waals surface area contributed by atoms with Crippen molar-refractivity contribution in [3.8, 4) is 22.6 Å². The quantitative estimate of drug-likeness (QED) is 0.0347. The second-order valence-electron chi connectivity index (χ2n) is 13.4. The fourth-order valence-corrected chi connectivity index (χ4v) is 15.9. The number of hydrogen-bond acceptors (Lipinski definition) is 12. The molecule has 59 heavy (non-hydrogen) atoms. The summed E-state index contributed by atoms with van der Waals surface area (Å²) in [6.07, 6.45) is 5.77. The van der Waals surface area contributed by atoms with Gasteiger partial charge in [-0.25, -0.2) is 0 Å². The predicted molar refractivity (Wildman–Crippen MR) is 225 cm³/mol. The Morgan fingerprint density at radius 3 is 1.39 bits per heavy atom. The standard InChI is InChI=1S/2C18H12N2O5.2C4H9.Sn/c2*21-18(22)13-5-1-3-7-15(13)19-11-12-9-10-17(25-12)14-6-2-4-8-16(14)20(23)24;2*1-3-4-2;/h2*1-11H,(H,21,22);2*1,3-4H2,2H3;/q;;;;+2/p-2. The third-order valence-electron chi connectivity index (χ3n) is 9.28. The number of carbonyl (C=O) groups is 2. The summed E-state index contributed by atoms with van der Waals surface area (Å²) in [4.78, 5) is 59.4. The van der Waals surface area contributed by atoms with E-state index in [1.807, 2.05) is 13.8 Å². The summed E-state index contributed by atoms with van der Waals surface area (Å²) >= 11 is -4.60. The van der Waals surface area contributed by atoms with Crippen molar-refractivity contribution in [3.05, 3.63) is 164 Å². The van der Waals surface area contributed by atoms with Crippen LogP contribution in [0.4, 0.5) is 22.7 Å². The first-order chi connectivity index (χ1) is 28.6. The van der Waals surface area contributed by atoms with Gasteiger partial charge in [0, 0.05) is 0 Å². The van der Waals surface area contributed by atoms with Gasteiger partial charge < -0.3 is 0 Å². The van der Waals surface area contributed by atoms with Crippen molar-refractivity contribution in [1.82, 2.24) is 0 Å². The Kier molecular flexibility index (Phi) is 14.0. The van der Waals surface area contributed by atoms with E-state index in [4.69, 9.17) is 15.0 Å². The van der Waals surface area contributed by atoms with Crippen molar-refractivity contribution in [3.63, 3.8) is 0 Å². The van der Waals surface area contributed by atoms with Gasteiger partial charge in [0.2, 0.25) is 0 Å². The molecule has 0 radical (unpaired) electrons. The van der Waals surface area contributed by atoms with Gasteiger partial charge in [-0.1, -0.05) is 12.1 Å². The van der Waals surface area contributed by atoms with Gasteiger partial charge in [-0.15, -0.1) is 0 Å². The second-order valence-corrected chi connectivity index (χ2v) is 22.6. The molecule has 0 N–H and O–H groups in total. The van der Waals surface area contributed by atoms with Crippen LogP contribution in [0.25, 0.3) is 22.6 Å². The number of hydrogen-bond donors (Lipinski definition) is 0. The van der Waals surface area contributed by atoms with Crippen LogP contribution in [0.2, 0.25) is 8.87 Å². The number of unbranched alkanes of at least 4 members (excludes halogenated alkanes) is 2. The molecule has 0 fully saturated rings. The van der Waals surface area contributed by atoms with E-state index < -0.39 is 41.0 Å². The summed E-state index contributed by atoms with van der Waals surface area (Å²) in [6, 6.07) is 32.3. The van der Waals surface area contributed by atoms with Gasteiger partial charge in [0.05, 0.1) is 0 Å². The number of nitrogens with zero attached hydrogens (tertiary/aromatic N) is 4. The predicted octanol–water partition coefficient (Wildman–Crippen LogP) is 11.6. The van der Waals surface area contributed by atoms with Crippen LogP contribution in [0.1, 0.15) is 71.8 Å². The third kappa shape index (κ3) is 10.4. The van der Waals surface area contributed by atoms with E-state index in [1.165, 1.54) is 24.6 Å². The summed E-state index contributed by atoms with van der Waals surface area (Å²) in [5.41, 5.74) is 1.36. The molecule has 2 aromatic heterocycles. The topological polar surface area (TPSA) is 190 Å². The summed E-state index contributed by atoms with van der Waals surface area (Å²) in [7, 11) is 0. The molecule has 0 aliphatic carbocycles. The van der Waals surface area contributed by atoms with E-state index in [2.05, 4.69) is 9.98 Å². The number of aliphatic imine (C=N–C) groups is 2. The first-order valence-electron chi connectivity index (χ1n) is 19.0. The van der Waals surface area contributed by atoms with Crippen molar-refractivity contribution in [1.29, 1.82) is 0 Å². The van der Waals surface area contributed by atoms with Gasteiger partial charge in [0.15, 0.2) is 0 Å². The average molecular weight is 904 g/mol. The fourth-order valence-electron chi connectivity index (χ4n) is 6.29. The molecule has 6 aromatic rings. The van der Waals surface area contributed by atoms with E-state index in [-0.39, 0.29) is 34.0 Å². The Morgan fingerprint density at radius 2 is 0.983 bits per heavy atom. The summed E-state index contributed by atoms with van der Waals surface area (Å²) in [5.74, 6) is -0.123. The molecular formula is C44H40N4O10Sn. The van der Waals surface area contributed by atoms with E-state index in [9.17, 15) is 29.8 Å². The third-order valence-corrected chi connectivity index (χ3v) is 18.8. The Bertz CT molecular complexity index is 2350. The Balaban J connectivity index is 1.24. The Hall–Kier alpha value is -6.68. The van der Waals surface area contributed by atoms with Crippen molar-refractivity contribution >= 4 is 66.3 Å². The number of rotatable bonds is 18. The van der Waals surface area contributed by atoms with E-state index >= 15 is 0 Å². The van der Waals surface area contributed by atoms with Crippen LogP contribution >= 0.6 is 0 Å². The average Bonchev–Trinajstić information content (AvgIpc) is 3.94. The molecule has 0 spiro atoms. The van der Waals surface area contributed by atoms with Gasteiger partial charge in [0.1, 0.15) is 0 Å². The van der Waals surface area contributed by atoms with Crippen molar-refractivity contribution in [2.24, 2.45) is 9.98 Å². The normalized spacial score (nSPS) is 11.6. The number of nitro groups is 2. The Labute approximate surface area is 344 Å². The molecule has 4 aromatic carbocycles. The van der Waals surface area contributed by atoms with Crippen LogP contribution < -0.4 is 0 Å². The van der Waals surface area contributed by atoms with E-state index in [0.717, 1.165) is 12.8 Å². The van der Waals surface area contributed by atoms with Crippen molar-refractivity contribution < 1.29 is 34.4 Å². The van der Waals surface area contributed by atoms with Crippen LogP contribution in [0.3, 0.4) is 0 Å². The maximum atomic E-state index is 14.1. The number of benzene rings is 4. The molecule has 0 unspecified atom stereocenters. The van der Waals surface area contributed by atoms with Crippen LogP contribution in [-0.4, -0.2) is 53.4 Å². The number of furan rings is 2. The molecule has 0 aliphatic heterocycles. The molecule has 0 saturated carbocycles.